The second kappa shape index (κ2) is 8.89. The summed E-state index contributed by atoms with van der Waals surface area (Å²) in [5.74, 6) is -0.0463. The van der Waals surface area contributed by atoms with Gasteiger partial charge in [-0.05, 0) is 6.42 Å². The van der Waals surface area contributed by atoms with E-state index in [1.165, 1.54) is 33.5 Å². The molecule has 0 saturated heterocycles. The standard InChI is InChI=1S/C14H29O4P/c1-6-7-8-9-10-11-14(2,3)13(15)12-19(16,17-4)18-5/h6-12H2,1-5H3. The first-order valence-corrected chi connectivity index (χ1v) is 8.78. The van der Waals surface area contributed by atoms with E-state index in [-0.39, 0.29) is 11.9 Å². The molecule has 0 aliphatic carbocycles. The minimum Gasteiger partial charge on any atom is -0.312 e. The van der Waals surface area contributed by atoms with Crippen LogP contribution in [0.15, 0.2) is 0 Å². The highest BCUT2D eigenvalue weighted by Crippen LogP contribution is 2.47. The molecule has 5 heteroatoms. The summed E-state index contributed by atoms with van der Waals surface area (Å²) < 4.78 is 21.6. The zero-order valence-corrected chi connectivity index (χ0v) is 13.9. The highest BCUT2D eigenvalue weighted by molar-refractivity contribution is 7.54. The highest BCUT2D eigenvalue weighted by Gasteiger charge is 2.34. The van der Waals surface area contributed by atoms with Gasteiger partial charge >= 0.3 is 7.60 Å². The molecule has 0 atom stereocenters. The third-order valence-electron chi connectivity index (χ3n) is 3.55. The van der Waals surface area contributed by atoms with E-state index in [1.54, 1.807) is 0 Å². The molecule has 0 N–H and O–H groups in total. The summed E-state index contributed by atoms with van der Waals surface area (Å²) in [6, 6.07) is 0. The lowest BCUT2D eigenvalue weighted by Crippen LogP contribution is -2.27. The quantitative estimate of drug-likeness (QED) is 0.417. The summed E-state index contributed by atoms with van der Waals surface area (Å²) in [6.07, 6.45) is 6.55. The number of ketones is 1. The topological polar surface area (TPSA) is 52.6 Å². The first kappa shape index (κ1) is 18.8. The molecule has 0 spiro atoms. The molecular weight excluding hydrogens is 263 g/mol. The minimum absolute atomic E-state index is 0.0463. The van der Waals surface area contributed by atoms with Crippen LogP contribution in [-0.2, 0) is 18.4 Å². The molecule has 0 rings (SSSR count). The smallest absolute Gasteiger partial charge is 0.312 e. The van der Waals surface area contributed by atoms with Gasteiger partial charge in [0.15, 0.2) is 5.78 Å². The van der Waals surface area contributed by atoms with Crippen LogP contribution in [0.2, 0.25) is 0 Å². The van der Waals surface area contributed by atoms with E-state index in [0.717, 1.165) is 19.3 Å². The van der Waals surface area contributed by atoms with Crippen molar-refractivity contribution in [1.82, 2.24) is 0 Å². The predicted molar refractivity (Wildman–Crippen MR) is 78.7 cm³/mol. The third-order valence-corrected chi connectivity index (χ3v) is 5.34. The molecule has 0 bridgehead atoms. The average molecular weight is 292 g/mol. The Morgan fingerprint density at radius 2 is 1.58 bits per heavy atom. The number of hydrogen-bond donors (Lipinski definition) is 0. The fourth-order valence-electron chi connectivity index (χ4n) is 1.90. The van der Waals surface area contributed by atoms with Crippen molar-refractivity contribution in [2.45, 2.75) is 59.3 Å². The zero-order chi connectivity index (χ0) is 14.9. The molecule has 0 aliphatic heterocycles. The Labute approximate surface area is 117 Å². The first-order chi connectivity index (χ1) is 8.81. The molecule has 0 unspecified atom stereocenters. The van der Waals surface area contributed by atoms with Crippen LogP contribution in [0.25, 0.3) is 0 Å². The lowest BCUT2D eigenvalue weighted by atomic mass is 9.83. The summed E-state index contributed by atoms with van der Waals surface area (Å²) >= 11 is 0. The number of carbonyl (C=O) groups excluding carboxylic acids is 1. The van der Waals surface area contributed by atoms with Crippen LogP contribution in [0, 0.1) is 5.41 Å². The van der Waals surface area contributed by atoms with Crippen LogP contribution >= 0.6 is 7.60 Å². The molecule has 19 heavy (non-hydrogen) atoms. The molecule has 0 heterocycles. The molecule has 0 aliphatic rings. The predicted octanol–water partition coefficient (Wildman–Crippen LogP) is 4.43. The monoisotopic (exact) mass is 292 g/mol. The molecule has 0 saturated carbocycles. The van der Waals surface area contributed by atoms with Crippen molar-refractivity contribution < 1.29 is 18.4 Å². The van der Waals surface area contributed by atoms with E-state index in [1.807, 2.05) is 13.8 Å². The summed E-state index contributed by atoms with van der Waals surface area (Å²) in [4.78, 5) is 12.2. The van der Waals surface area contributed by atoms with Crippen LogP contribution < -0.4 is 0 Å². The molecule has 4 nitrogen and oxygen atoms in total. The molecule has 0 radical (unpaired) electrons. The maximum absolute atomic E-state index is 12.2. The molecule has 0 fully saturated rings. The van der Waals surface area contributed by atoms with Gasteiger partial charge in [-0.15, -0.1) is 0 Å². The Morgan fingerprint density at radius 1 is 1.05 bits per heavy atom. The Kier molecular flexibility index (Phi) is 8.80. The normalized spacial score (nSPS) is 12.7. The van der Waals surface area contributed by atoms with Crippen molar-refractivity contribution in [3.63, 3.8) is 0 Å². The van der Waals surface area contributed by atoms with E-state index in [4.69, 9.17) is 9.05 Å². The minimum atomic E-state index is -3.23. The number of carbonyl (C=O) groups is 1. The van der Waals surface area contributed by atoms with E-state index >= 15 is 0 Å². The Balaban J connectivity index is 4.24. The summed E-state index contributed by atoms with van der Waals surface area (Å²) in [5.41, 5.74) is -0.459. The lowest BCUT2D eigenvalue weighted by Gasteiger charge is -2.24. The van der Waals surface area contributed by atoms with Gasteiger partial charge in [-0.25, -0.2) is 0 Å². The van der Waals surface area contributed by atoms with Gasteiger partial charge in [0, 0.05) is 19.6 Å². The zero-order valence-electron chi connectivity index (χ0n) is 13.0. The van der Waals surface area contributed by atoms with Crippen LogP contribution in [0.4, 0.5) is 0 Å². The Bertz CT molecular complexity index is 305. The number of unbranched alkanes of at least 4 members (excludes halogenated alkanes) is 4. The first-order valence-electron chi connectivity index (χ1n) is 7.05. The van der Waals surface area contributed by atoms with Crippen molar-refractivity contribution in [1.29, 1.82) is 0 Å². The molecule has 0 amide bonds. The van der Waals surface area contributed by atoms with Crippen molar-refractivity contribution in [2.75, 3.05) is 20.4 Å². The van der Waals surface area contributed by atoms with Crippen molar-refractivity contribution in [2.24, 2.45) is 5.41 Å². The second-order valence-electron chi connectivity index (χ2n) is 5.61. The summed E-state index contributed by atoms with van der Waals surface area (Å²) in [6.45, 7) is 6.00. The van der Waals surface area contributed by atoms with Gasteiger partial charge in [0.1, 0.15) is 6.16 Å². The van der Waals surface area contributed by atoms with Gasteiger partial charge in [0.25, 0.3) is 0 Å². The van der Waals surface area contributed by atoms with Crippen molar-refractivity contribution in [3.8, 4) is 0 Å². The van der Waals surface area contributed by atoms with E-state index < -0.39 is 13.0 Å². The van der Waals surface area contributed by atoms with E-state index in [0.29, 0.717) is 0 Å². The Morgan fingerprint density at radius 3 is 2.05 bits per heavy atom. The Hall–Kier alpha value is -0.180. The maximum Gasteiger partial charge on any atom is 0.337 e. The van der Waals surface area contributed by atoms with Crippen molar-refractivity contribution >= 4 is 13.4 Å². The highest BCUT2D eigenvalue weighted by atomic mass is 31.2. The van der Waals surface area contributed by atoms with E-state index in [2.05, 4.69) is 6.92 Å². The van der Waals surface area contributed by atoms with Crippen LogP contribution in [0.1, 0.15) is 59.3 Å². The molecule has 0 aromatic carbocycles. The van der Waals surface area contributed by atoms with Crippen LogP contribution in [-0.4, -0.2) is 26.2 Å². The average Bonchev–Trinajstić information content (AvgIpc) is 2.38. The van der Waals surface area contributed by atoms with E-state index in [9.17, 15) is 9.36 Å². The van der Waals surface area contributed by atoms with Gasteiger partial charge in [-0.2, -0.15) is 0 Å². The lowest BCUT2D eigenvalue weighted by molar-refractivity contribution is -0.125. The second-order valence-corrected chi connectivity index (χ2v) is 7.87. The largest absolute Gasteiger partial charge is 0.337 e. The number of hydrogen-bond acceptors (Lipinski definition) is 4. The van der Waals surface area contributed by atoms with Gasteiger partial charge in [0.05, 0.1) is 0 Å². The van der Waals surface area contributed by atoms with Gasteiger partial charge in [-0.1, -0.05) is 52.9 Å². The number of rotatable bonds is 11. The van der Waals surface area contributed by atoms with Crippen LogP contribution in [0.3, 0.4) is 0 Å². The molecular formula is C14H29O4P. The van der Waals surface area contributed by atoms with Crippen LogP contribution in [0.5, 0.6) is 0 Å². The maximum atomic E-state index is 12.2. The molecule has 0 aromatic heterocycles. The van der Waals surface area contributed by atoms with Gasteiger partial charge < -0.3 is 9.05 Å². The summed E-state index contributed by atoms with van der Waals surface area (Å²) in [7, 11) is -0.603. The van der Waals surface area contributed by atoms with Gasteiger partial charge in [-0.3, -0.25) is 9.36 Å². The molecule has 0 aromatic rings. The SMILES string of the molecule is CCCCCCCC(C)(C)C(=O)CP(=O)(OC)OC. The number of Topliss-reactive ketones (excluding diaryl/α,β-unsaturated/α-hetero) is 1. The van der Waals surface area contributed by atoms with Crippen molar-refractivity contribution in [3.05, 3.63) is 0 Å². The van der Waals surface area contributed by atoms with Gasteiger partial charge in [0.2, 0.25) is 0 Å². The third kappa shape index (κ3) is 7.24. The molecule has 114 valence electrons. The fourth-order valence-corrected chi connectivity index (χ4v) is 3.09. The summed E-state index contributed by atoms with van der Waals surface area (Å²) in [5, 5.41) is 0. The fraction of sp³-hybridized carbons (Fsp3) is 0.929.